The standard InChI is InChI=1S/C11H14ClNO3/c1-11(2,7-14)6-8-9(12)4-3-5-10(8)13(15)16/h3-5,14H,6-7H2,1-2H3. The lowest BCUT2D eigenvalue weighted by Crippen LogP contribution is -2.20. The summed E-state index contributed by atoms with van der Waals surface area (Å²) in [6.45, 7) is 3.62. The lowest BCUT2D eigenvalue weighted by Gasteiger charge is -2.21. The molecule has 1 aromatic carbocycles. The summed E-state index contributed by atoms with van der Waals surface area (Å²) in [5, 5.41) is 20.4. The highest BCUT2D eigenvalue weighted by molar-refractivity contribution is 6.31. The minimum atomic E-state index is -0.450. The number of aliphatic hydroxyl groups is 1. The van der Waals surface area contributed by atoms with Crippen LogP contribution in [0.4, 0.5) is 5.69 Å². The van der Waals surface area contributed by atoms with Crippen LogP contribution in [0.1, 0.15) is 19.4 Å². The third-order valence-corrected chi connectivity index (χ3v) is 2.73. The number of aliphatic hydroxyl groups excluding tert-OH is 1. The second kappa shape index (κ2) is 4.80. The van der Waals surface area contributed by atoms with E-state index in [-0.39, 0.29) is 12.3 Å². The van der Waals surface area contributed by atoms with E-state index in [0.29, 0.717) is 17.0 Å². The molecule has 0 saturated heterocycles. The number of hydrogen-bond donors (Lipinski definition) is 1. The van der Waals surface area contributed by atoms with Gasteiger partial charge in [-0.3, -0.25) is 10.1 Å². The van der Waals surface area contributed by atoms with Crippen molar-refractivity contribution in [2.75, 3.05) is 6.61 Å². The maximum Gasteiger partial charge on any atom is 0.274 e. The Bertz CT molecular complexity index is 404. The first-order chi connectivity index (χ1) is 7.37. The lowest BCUT2D eigenvalue weighted by atomic mass is 9.86. The average molecular weight is 244 g/mol. The van der Waals surface area contributed by atoms with E-state index < -0.39 is 10.3 Å². The van der Waals surface area contributed by atoms with Gasteiger partial charge >= 0.3 is 0 Å². The predicted octanol–water partition coefficient (Wildman–Crippen LogP) is 2.81. The van der Waals surface area contributed by atoms with Gasteiger partial charge in [-0.25, -0.2) is 0 Å². The van der Waals surface area contributed by atoms with Crippen molar-refractivity contribution in [2.24, 2.45) is 5.41 Å². The summed E-state index contributed by atoms with van der Waals surface area (Å²) in [7, 11) is 0. The second-order valence-corrected chi connectivity index (χ2v) is 4.90. The molecule has 0 spiro atoms. The molecule has 0 amide bonds. The fourth-order valence-corrected chi connectivity index (χ4v) is 1.66. The van der Waals surface area contributed by atoms with Crippen LogP contribution in [0.15, 0.2) is 18.2 Å². The monoisotopic (exact) mass is 243 g/mol. The molecule has 0 aliphatic heterocycles. The Labute approximate surface area is 99.0 Å². The first-order valence-electron chi connectivity index (χ1n) is 4.90. The van der Waals surface area contributed by atoms with Crippen LogP contribution in [-0.4, -0.2) is 16.6 Å². The molecule has 4 nitrogen and oxygen atoms in total. The van der Waals surface area contributed by atoms with Crippen molar-refractivity contribution < 1.29 is 10.0 Å². The van der Waals surface area contributed by atoms with Gasteiger partial charge in [0.2, 0.25) is 0 Å². The molecule has 0 atom stereocenters. The molecule has 5 heteroatoms. The van der Waals surface area contributed by atoms with Crippen molar-refractivity contribution in [2.45, 2.75) is 20.3 Å². The highest BCUT2D eigenvalue weighted by atomic mass is 35.5. The van der Waals surface area contributed by atoms with Crippen LogP contribution >= 0.6 is 11.6 Å². The fraction of sp³-hybridized carbons (Fsp3) is 0.455. The van der Waals surface area contributed by atoms with Crippen molar-refractivity contribution in [1.82, 2.24) is 0 Å². The topological polar surface area (TPSA) is 63.4 Å². The summed E-state index contributed by atoms with van der Waals surface area (Å²) in [5.41, 5.74) is 0.0673. The molecule has 0 aliphatic carbocycles. The Hall–Kier alpha value is -1.13. The zero-order valence-corrected chi connectivity index (χ0v) is 9.99. The number of nitro groups is 1. The van der Waals surface area contributed by atoms with Crippen LogP contribution in [0.2, 0.25) is 5.02 Å². The first-order valence-corrected chi connectivity index (χ1v) is 5.28. The van der Waals surface area contributed by atoms with E-state index in [9.17, 15) is 10.1 Å². The third-order valence-electron chi connectivity index (χ3n) is 2.37. The molecule has 0 saturated carbocycles. The van der Waals surface area contributed by atoms with E-state index in [1.54, 1.807) is 12.1 Å². The lowest BCUT2D eigenvalue weighted by molar-refractivity contribution is -0.385. The molecule has 0 bridgehead atoms. The van der Waals surface area contributed by atoms with Crippen molar-refractivity contribution in [1.29, 1.82) is 0 Å². The minimum absolute atomic E-state index is 0.00836. The van der Waals surface area contributed by atoms with Crippen molar-refractivity contribution in [3.8, 4) is 0 Å². The normalized spacial score (nSPS) is 11.5. The van der Waals surface area contributed by atoms with Gasteiger partial charge in [0.1, 0.15) is 0 Å². The van der Waals surface area contributed by atoms with E-state index >= 15 is 0 Å². The predicted molar refractivity (Wildman–Crippen MR) is 62.7 cm³/mol. The van der Waals surface area contributed by atoms with E-state index in [1.165, 1.54) is 6.07 Å². The van der Waals surface area contributed by atoms with Crippen LogP contribution in [-0.2, 0) is 6.42 Å². The Kier molecular flexibility index (Phi) is 3.88. The number of nitro benzene ring substituents is 1. The third kappa shape index (κ3) is 2.93. The summed E-state index contributed by atoms with van der Waals surface area (Å²) < 4.78 is 0. The molecule has 1 aromatic rings. The molecular weight excluding hydrogens is 230 g/mol. The molecule has 1 N–H and O–H groups in total. The smallest absolute Gasteiger partial charge is 0.274 e. The molecule has 0 heterocycles. The molecule has 0 aliphatic rings. The molecule has 0 aromatic heterocycles. The number of hydrogen-bond acceptors (Lipinski definition) is 3. The summed E-state index contributed by atoms with van der Waals surface area (Å²) in [4.78, 5) is 10.4. The van der Waals surface area contributed by atoms with Gasteiger partial charge < -0.3 is 5.11 Å². The molecule has 0 radical (unpaired) electrons. The van der Waals surface area contributed by atoms with Gasteiger partial charge in [-0.1, -0.05) is 31.5 Å². The zero-order valence-electron chi connectivity index (χ0n) is 9.24. The Morgan fingerprint density at radius 2 is 2.12 bits per heavy atom. The van der Waals surface area contributed by atoms with Crippen LogP contribution in [0, 0.1) is 15.5 Å². The molecule has 0 fully saturated rings. The Morgan fingerprint density at radius 3 is 2.62 bits per heavy atom. The van der Waals surface area contributed by atoms with Gasteiger partial charge in [0, 0.05) is 18.2 Å². The first kappa shape index (κ1) is 12.9. The van der Waals surface area contributed by atoms with Crippen molar-refractivity contribution in [3.63, 3.8) is 0 Å². The number of rotatable bonds is 4. The van der Waals surface area contributed by atoms with Gasteiger partial charge in [-0.05, 0) is 17.9 Å². The van der Waals surface area contributed by atoms with Gasteiger partial charge in [0.05, 0.1) is 9.95 Å². The quantitative estimate of drug-likeness (QED) is 0.653. The van der Waals surface area contributed by atoms with E-state index in [4.69, 9.17) is 16.7 Å². The summed E-state index contributed by atoms with van der Waals surface area (Å²) in [6.07, 6.45) is 0.374. The van der Waals surface area contributed by atoms with Gasteiger partial charge in [-0.2, -0.15) is 0 Å². The number of halogens is 1. The molecular formula is C11H14ClNO3. The molecule has 16 heavy (non-hydrogen) atoms. The van der Waals surface area contributed by atoms with Crippen LogP contribution in [0.3, 0.4) is 0 Å². The van der Waals surface area contributed by atoms with Gasteiger partial charge in [0.15, 0.2) is 0 Å². The molecule has 0 unspecified atom stereocenters. The fourth-order valence-electron chi connectivity index (χ4n) is 1.43. The van der Waals surface area contributed by atoms with Crippen LogP contribution < -0.4 is 0 Å². The maximum atomic E-state index is 10.8. The Morgan fingerprint density at radius 1 is 1.50 bits per heavy atom. The molecule has 1 rings (SSSR count). The van der Waals surface area contributed by atoms with Crippen LogP contribution in [0.5, 0.6) is 0 Å². The van der Waals surface area contributed by atoms with E-state index in [0.717, 1.165) is 0 Å². The van der Waals surface area contributed by atoms with Crippen molar-refractivity contribution >= 4 is 17.3 Å². The van der Waals surface area contributed by atoms with Gasteiger partial charge in [-0.15, -0.1) is 0 Å². The molecule has 88 valence electrons. The zero-order chi connectivity index (χ0) is 12.3. The van der Waals surface area contributed by atoms with Crippen LogP contribution in [0.25, 0.3) is 0 Å². The highest BCUT2D eigenvalue weighted by Crippen LogP contribution is 2.32. The summed E-state index contributed by atoms with van der Waals surface area (Å²) in [5.74, 6) is 0. The minimum Gasteiger partial charge on any atom is -0.396 e. The number of nitrogens with zero attached hydrogens (tertiary/aromatic N) is 1. The number of benzene rings is 1. The Balaban J connectivity index is 3.16. The SMILES string of the molecule is CC(C)(CO)Cc1c(Cl)cccc1[N+](=O)[O-]. The maximum absolute atomic E-state index is 10.8. The van der Waals surface area contributed by atoms with Gasteiger partial charge in [0.25, 0.3) is 5.69 Å². The summed E-state index contributed by atoms with van der Waals surface area (Å²) >= 11 is 5.95. The summed E-state index contributed by atoms with van der Waals surface area (Å²) in [6, 6.07) is 4.60. The van der Waals surface area contributed by atoms with E-state index in [1.807, 2.05) is 13.8 Å². The van der Waals surface area contributed by atoms with E-state index in [2.05, 4.69) is 0 Å². The average Bonchev–Trinajstić information content (AvgIpc) is 2.20. The van der Waals surface area contributed by atoms with Crippen molar-refractivity contribution in [3.05, 3.63) is 38.9 Å². The second-order valence-electron chi connectivity index (χ2n) is 4.49. The largest absolute Gasteiger partial charge is 0.396 e. The highest BCUT2D eigenvalue weighted by Gasteiger charge is 2.24.